The maximum atomic E-state index is 12.2. The fourth-order valence-electron chi connectivity index (χ4n) is 1.41. The van der Waals surface area contributed by atoms with Gasteiger partial charge in [-0.15, -0.1) is 0 Å². The summed E-state index contributed by atoms with van der Waals surface area (Å²) in [4.78, 5) is 9.07. The molecule has 0 unspecified atom stereocenters. The second-order valence-electron chi connectivity index (χ2n) is 4.02. The van der Waals surface area contributed by atoms with Gasteiger partial charge in [-0.1, -0.05) is 6.92 Å². The average molecular weight is 262 g/mol. The molecular weight excluding hydrogens is 245 g/mol. The molecule has 7 heteroatoms. The number of halogens is 3. The highest BCUT2D eigenvalue weighted by atomic mass is 19.4. The van der Waals surface area contributed by atoms with E-state index in [0.29, 0.717) is 12.2 Å². The molecule has 0 saturated heterocycles. The first-order valence-corrected chi connectivity index (χ1v) is 5.72. The molecule has 0 spiro atoms. The molecule has 0 saturated carbocycles. The SMILES string of the molecule is CCCNCc1cncc(N(C)CC(F)(F)F)n1. The van der Waals surface area contributed by atoms with Gasteiger partial charge in [0.2, 0.25) is 0 Å². The van der Waals surface area contributed by atoms with Crippen molar-refractivity contribution in [2.75, 3.05) is 25.0 Å². The van der Waals surface area contributed by atoms with Gasteiger partial charge in [-0.3, -0.25) is 4.98 Å². The smallest absolute Gasteiger partial charge is 0.349 e. The summed E-state index contributed by atoms with van der Waals surface area (Å²) in [6.07, 6.45) is -0.378. The third-order valence-electron chi connectivity index (χ3n) is 2.21. The Morgan fingerprint density at radius 3 is 2.67 bits per heavy atom. The normalized spacial score (nSPS) is 11.6. The van der Waals surface area contributed by atoms with Crippen LogP contribution in [-0.4, -0.2) is 36.3 Å². The van der Waals surface area contributed by atoms with Crippen LogP contribution in [0.3, 0.4) is 0 Å². The lowest BCUT2D eigenvalue weighted by molar-refractivity contribution is -0.119. The van der Waals surface area contributed by atoms with Crippen molar-refractivity contribution in [2.24, 2.45) is 0 Å². The maximum absolute atomic E-state index is 12.2. The summed E-state index contributed by atoms with van der Waals surface area (Å²) in [5.74, 6) is 0.225. The van der Waals surface area contributed by atoms with Crippen molar-refractivity contribution in [1.82, 2.24) is 15.3 Å². The molecular formula is C11H17F3N4. The van der Waals surface area contributed by atoms with Gasteiger partial charge >= 0.3 is 6.18 Å². The summed E-state index contributed by atoms with van der Waals surface area (Å²) in [6.45, 7) is 2.35. The van der Waals surface area contributed by atoms with E-state index in [1.54, 1.807) is 6.20 Å². The number of alkyl halides is 3. The Bertz CT molecular complexity index is 368. The molecule has 1 aromatic heterocycles. The van der Waals surface area contributed by atoms with Crippen LogP contribution in [0.4, 0.5) is 19.0 Å². The minimum atomic E-state index is -4.24. The zero-order valence-electron chi connectivity index (χ0n) is 10.5. The molecule has 1 heterocycles. The molecule has 18 heavy (non-hydrogen) atoms. The number of nitrogens with zero attached hydrogens (tertiary/aromatic N) is 3. The van der Waals surface area contributed by atoms with Crippen LogP contribution in [0.25, 0.3) is 0 Å². The number of nitrogens with one attached hydrogen (secondary N) is 1. The number of hydrogen-bond donors (Lipinski definition) is 1. The average Bonchev–Trinajstić information content (AvgIpc) is 2.27. The minimum absolute atomic E-state index is 0.225. The maximum Gasteiger partial charge on any atom is 0.405 e. The van der Waals surface area contributed by atoms with Crippen LogP contribution < -0.4 is 10.2 Å². The van der Waals surface area contributed by atoms with Gasteiger partial charge in [0.15, 0.2) is 0 Å². The molecule has 0 aliphatic carbocycles. The Morgan fingerprint density at radius 2 is 2.06 bits per heavy atom. The lowest BCUT2D eigenvalue weighted by Gasteiger charge is -2.19. The number of rotatable bonds is 6. The van der Waals surface area contributed by atoms with E-state index in [0.717, 1.165) is 17.9 Å². The largest absolute Gasteiger partial charge is 0.405 e. The van der Waals surface area contributed by atoms with Crippen molar-refractivity contribution in [2.45, 2.75) is 26.1 Å². The Morgan fingerprint density at radius 1 is 1.33 bits per heavy atom. The Hall–Kier alpha value is -1.37. The van der Waals surface area contributed by atoms with Gasteiger partial charge in [0.25, 0.3) is 0 Å². The second kappa shape index (κ2) is 6.53. The zero-order valence-corrected chi connectivity index (χ0v) is 10.5. The van der Waals surface area contributed by atoms with Gasteiger partial charge in [0.05, 0.1) is 11.9 Å². The van der Waals surface area contributed by atoms with Gasteiger partial charge in [0.1, 0.15) is 12.4 Å². The van der Waals surface area contributed by atoms with Crippen molar-refractivity contribution in [1.29, 1.82) is 0 Å². The first kappa shape index (κ1) is 14.7. The molecule has 0 aliphatic heterocycles. The van der Waals surface area contributed by atoms with Crippen LogP contribution in [0, 0.1) is 0 Å². The Kier molecular flexibility index (Phi) is 5.33. The fraction of sp³-hybridized carbons (Fsp3) is 0.636. The Labute approximate surface area is 104 Å². The van der Waals surface area contributed by atoms with Crippen molar-refractivity contribution in [3.8, 4) is 0 Å². The number of anilines is 1. The molecule has 1 rings (SSSR count). The van der Waals surface area contributed by atoms with E-state index in [9.17, 15) is 13.2 Å². The van der Waals surface area contributed by atoms with E-state index in [4.69, 9.17) is 0 Å². The van der Waals surface area contributed by atoms with E-state index in [2.05, 4.69) is 15.3 Å². The molecule has 4 nitrogen and oxygen atoms in total. The lowest BCUT2D eigenvalue weighted by Crippen LogP contribution is -2.31. The molecule has 1 aromatic rings. The van der Waals surface area contributed by atoms with Crippen molar-refractivity contribution >= 4 is 5.82 Å². The molecule has 1 N–H and O–H groups in total. The number of hydrogen-bond acceptors (Lipinski definition) is 4. The minimum Gasteiger partial charge on any atom is -0.349 e. The summed E-state index contributed by atoms with van der Waals surface area (Å²) in [6, 6.07) is 0. The first-order valence-electron chi connectivity index (χ1n) is 5.72. The highest BCUT2D eigenvalue weighted by Crippen LogP contribution is 2.18. The van der Waals surface area contributed by atoms with E-state index >= 15 is 0 Å². The number of aromatic nitrogens is 2. The van der Waals surface area contributed by atoms with Gasteiger partial charge in [-0.2, -0.15) is 13.2 Å². The van der Waals surface area contributed by atoms with Gasteiger partial charge in [-0.05, 0) is 13.0 Å². The summed E-state index contributed by atoms with van der Waals surface area (Å²) < 4.78 is 36.7. The molecule has 102 valence electrons. The van der Waals surface area contributed by atoms with Gasteiger partial charge < -0.3 is 10.2 Å². The standard InChI is InChI=1S/C11H17F3N4/c1-3-4-15-5-9-6-16-7-10(17-9)18(2)8-11(12,13)14/h6-7,15H,3-5,8H2,1-2H3. The van der Waals surface area contributed by atoms with Crippen molar-refractivity contribution < 1.29 is 13.2 Å². The highest BCUT2D eigenvalue weighted by molar-refractivity contribution is 5.35. The highest BCUT2D eigenvalue weighted by Gasteiger charge is 2.29. The van der Waals surface area contributed by atoms with Crippen LogP contribution in [0.15, 0.2) is 12.4 Å². The predicted molar refractivity (Wildman–Crippen MR) is 63.4 cm³/mol. The van der Waals surface area contributed by atoms with Crippen molar-refractivity contribution in [3.05, 3.63) is 18.1 Å². The van der Waals surface area contributed by atoms with Crippen LogP contribution in [-0.2, 0) is 6.54 Å². The fourth-order valence-corrected chi connectivity index (χ4v) is 1.41. The van der Waals surface area contributed by atoms with Gasteiger partial charge in [0, 0.05) is 19.8 Å². The summed E-state index contributed by atoms with van der Waals surface area (Å²) in [5.41, 5.74) is 0.634. The van der Waals surface area contributed by atoms with E-state index in [1.165, 1.54) is 13.2 Å². The second-order valence-corrected chi connectivity index (χ2v) is 4.02. The first-order chi connectivity index (χ1) is 8.42. The molecule has 0 amide bonds. The molecule has 0 fully saturated rings. The summed E-state index contributed by atoms with van der Waals surface area (Å²) >= 11 is 0. The van der Waals surface area contributed by atoms with Crippen molar-refractivity contribution in [3.63, 3.8) is 0 Å². The van der Waals surface area contributed by atoms with Gasteiger partial charge in [-0.25, -0.2) is 4.98 Å². The molecule has 0 atom stereocenters. The quantitative estimate of drug-likeness (QED) is 0.796. The molecule has 0 aromatic carbocycles. The van der Waals surface area contributed by atoms with E-state index < -0.39 is 12.7 Å². The molecule has 0 bridgehead atoms. The van der Waals surface area contributed by atoms with E-state index in [-0.39, 0.29) is 5.82 Å². The van der Waals surface area contributed by atoms with Crippen LogP contribution in [0.1, 0.15) is 19.0 Å². The third kappa shape index (κ3) is 5.31. The van der Waals surface area contributed by atoms with E-state index in [1.807, 2.05) is 6.92 Å². The van der Waals surface area contributed by atoms with Crippen LogP contribution >= 0.6 is 0 Å². The lowest BCUT2D eigenvalue weighted by atomic mass is 10.4. The topological polar surface area (TPSA) is 41.1 Å². The predicted octanol–water partition coefficient (Wildman–Crippen LogP) is 1.97. The zero-order chi connectivity index (χ0) is 13.6. The summed E-state index contributed by atoms with van der Waals surface area (Å²) in [5, 5.41) is 3.12. The Balaban J connectivity index is 2.63. The van der Waals surface area contributed by atoms with Crippen LogP contribution in [0.5, 0.6) is 0 Å². The third-order valence-corrected chi connectivity index (χ3v) is 2.21. The van der Waals surface area contributed by atoms with Crippen LogP contribution in [0.2, 0.25) is 0 Å². The monoisotopic (exact) mass is 262 g/mol. The summed E-state index contributed by atoms with van der Waals surface area (Å²) in [7, 11) is 1.35. The molecule has 0 radical (unpaired) electrons. The molecule has 0 aliphatic rings.